The van der Waals surface area contributed by atoms with Gasteiger partial charge in [-0.15, -0.1) is 0 Å². The summed E-state index contributed by atoms with van der Waals surface area (Å²) in [5.74, 6) is -1.95. The van der Waals surface area contributed by atoms with E-state index in [4.69, 9.17) is 23.2 Å². The van der Waals surface area contributed by atoms with Gasteiger partial charge in [0.25, 0.3) is 11.8 Å². The summed E-state index contributed by atoms with van der Waals surface area (Å²) >= 11 is 11.9. The van der Waals surface area contributed by atoms with Gasteiger partial charge in [-0.2, -0.15) is 0 Å². The van der Waals surface area contributed by atoms with E-state index in [9.17, 15) is 18.8 Å². The molecule has 4 amide bonds. The van der Waals surface area contributed by atoms with Gasteiger partial charge < -0.3 is 0 Å². The first-order valence-electron chi connectivity index (χ1n) is 9.52. The van der Waals surface area contributed by atoms with Crippen LogP contribution in [0.5, 0.6) is 0 Å². The number of anilines is 1. The van der Waals surface area contributed by atoms with Crippen LogP contribution in [-0.2, 0) is 16.0 Å². The standard InChI is InChI=1S/C24H15Cl2FN2O3/c25-20-9-8-18(13-21(20)26)29-23(31)19(22(30)28-24(29)32)12-16-6-2-1-5-15(16)10-14-4-3-7-17(27)11-14/h1-9,11-13H,10H2,(H,28,30,32)/b19-12+. The fourth-order valence-corrected chi connectivity index (χ4v) is 3.67. The Kier molecular flexibility index (Phi) is 6.08. The average Bonchev–Trinajstić information content (AvgIpc) is 2.74. The summed E-state index contributed by atoms with van der Waals surface area (Å²) < 4.78 is 13.6. The van der Waals surface area contributed by atoms with E-state index in [0.717, 1.165) is 16.0 Å². The number of carbonyl (C=O) groups excluding carboxylic acids is 3. The smallest absolute Gasteiger partial charge is 0.273 e. The molecule has 0 saturated carbocycles. The fourth-order valence-electron chi connectivity index (χ4n) is 3.37. The second-order valence-electron chi connectivity index (χ2n) is 7.06. The van der Waals surface area contributed by atoms with Gasteiger partial charge in [0, 0.05) is 0 Å². The first-order valence-corrected chi connectivity index (χ1v) is 10.3. The van der Waals surface area contributed by atoms with Crippen LogP contribution in [0.2, 0.25) is 10.0 Å². The van der Waals surface area contributed by atoms with Gasteiger partial charge in [0.2, 0.25) is 0 Å². The molecule has 0 bridgehead atoms. The van der Waals surface area contributed by atoms with E-state index >= 15 is 0 Å². The van der Waals surface area contributed by atoms with Gasteiger partial charge in [0.05, 0.1) is 15.7 Å². The number of rotatable bonds is 4. The van der Waals surface area contributed by atoms with Crippen molar-refractivity contribution >= 4 is 52.8 Å². The highest BCUT2D eigenvalue weighted by molar-refractivity contribution is 6.43. The molecule has 1 aliphatic heterocycles. The Balaban J connectivity index is 1.72. The largest absolute Gasteiger partial charge is 0.335 e. The van der Waals surface area contributed by atoms with Gasteiger partial charge >= 0.3 is 6.03 Å². The molecule has 32 heavy (non-hydrogen) atoms. The van der Waals surface area contributed by atoms with Crippen molar-refractivity contribution in [1.82, 2.24) is 5.32 Å². The predicted molar refractivity (Wildman–Crippen MR) is 121 cm³/mol. The van der Waals surface area contributed by atoms with Crippen molar-refractivity contribution in [2.75, 3.05) is 4.90 Å². The summed E-state index contributed by atoms with van der Waals surface area (Å²) in [7, 11) is 0. The second-order valence-corrected chi connectivity index (χ2v) is 7.88. The van der Waals surface area contributed by atoms with Crippen LogP contribution in [0.4, 0.5) is 14.9 Å². The SMILES string of the molecule is O=C1NC(=O)N(c2ccc(Cl)c(Cl)c2)C(=O)/C1=C/c1ccccc1Cc1cccc(F)c1. The summed E-state index contributed by atoms with van der Waals surface area (Å²) in [4.78, 5) is 38.8. The van der Waals surface area contributed by atoms with Crippen LogP contribution in [-0.4, -0.2) is 17.8 Å². The van der Waals surface area contributed by atoms with Crippen LogP contribution in [0.3, 0.4) is 0 Å². The molecule has 5 nitrogen and oxygen atoms in total. The van der Waals surface area contributed by atoms with Gasteiger partial charge in [0.15, 0.2) is 0 Å². The number of nitrogens with zero attached hydrogens (tertiary/aromatic N) is 1. The maximum Gasteiger partial charge on any atom is 0.335 e. The lowest BCUT2D eigenvalue weighted by Crippen LogP contribution is -2.54. The zero-order chi connectivity index (χ0) is 22.8. The Bertz CT molecular complexity index is 1290. The molecule has 0 aromatic heterocycles. The lowest BCUT2D eigenvalue weighted by Gasteiger charge is -2.26. The highest BCUT2D eigenvalue weighted by atomic mass is 35.5. The van der Waals surface area contributed by atoms with E-state index < -0.39 is 17.8 Å². The number of carbonyl (C=O) groups is 3. The normalized spacial score (nSPS) is 15.3. The molecule has 1 aliphatic rings. The first kappa shape index (κ1) is 21.7. The molecule has 4 rings (SSSR count). The third kappa shape index (κ3) is 4.42. The van der Waals surface area contributed by atoms with Crippen LogP contribution in [0, 0.1) is 5.82 Å². The molecule has 1 fully saturated rings. The van der Waals surface area contributed by atoms with Crippen LogP contribution in [0.25, 0.3) is 6.08 Å². The fraction of sp³-hybridized carbons (Fsp3) is 0.0417. The Morgan fingerprint density at radius 2 is 1.69 bits per heavy atom. The number of nitrogens with one attached hydrogen (secondary N) is 1. The third-order valence-corrected chi connectivity index (χ3v) is 5.64. The molecule has 0 aliphatic carbocycles. The van der Waals surface area contributed by atoms with Crippen LogP contribution >= 0.6 is 23.2 Å². The number of halogens is 3. The van der Waals surface area contributed by atoms with Gasteiger partial charge in [-0.25, -0.2) is 14.1 Å². The lowest BCUT2D eigenvalue weighted by molar-refractivity contribution is -0.122. The average molecular weight is 469 g/mol. The van der Waals surface area contributed by atoms with E-state index in [0.29, 0.717) is 12.0 Å². The number of barbiturate groups is 1. The number of hydrogen-bond acceptors (Lipinski definition) is 3. The first-order chi connectivity index (χ1) is 15.3. The second kappa shape index (κ2) is 8.94. The maximum atomic E-state index is 13.6. The van der Waals surface area contributed by atoms with Gasteiger partial charge in [-0.1, -0.05) is 59.6 Å². The summed E-state index contributed by atoms with van der Waals surface area (Å²) in [5.41, 5.74) is 2.07. The summed E-state index contributed by atoms with van der Waals surface area (Å²) in [6, 6.07) is 16.7. The number of imide groups is 2. The quantitative estimate of drug-likeness (QED) is 0.412. The van der Waals surface area contributed by atoms with Crippen LogP contribution < -0.4 is 10.2 Å². The van der Waals surface area contributed by atoms with E-state index in [-0.39, 0.29) is 27.1 Å². The zero-order valence-corrected chi connectivity index (χ0v) is 18.0. The molecule has 0 radical (unpaired) electrons. The minimum absolute atomic E-state index is 0.160. The molecule has 3 aromatic rings. The highest BCUT2D eigenvalue weighted by Crippen LogP contribution is 2.29. The number of amides is 4. The summed E-state index contributed by atoms with van der Waals surface area (Å²) in [6.45, 7) is 0. The number of benzene rings is 3. The molecule has 160 valence electrons. The minimum atomic E-state index is -0.886. The Morgan fingerprint density at radius 1 is 0.906 bits per heavy atom. The molecule has 1 saturated heterocycles. The topological polar surface area (TPSA) is 66.5 Å². The van der Waals surface area contributed by atoms with Crippen LogP contribution in [0.15, 0.2) is 72.3 Å². The van der Waals surface area contributed by atoms with Crippen molar-refractivity contribution in [2.45, 2.75) is 6.42 Å². The zero-order valence-electron chi connectivity index (χ0n) is 16.4. The lowest BCUT2D eigenvalue weighted by atomic mass is 9.97. The van der Waals surface area contributed by atoms with E-state index in [1.807, 2.05) is 12.1 Å². The molecular weight excluding hydrogens is 454 g/mol. The van der Waals surface area contributed by atoms with Crippen molar-refractivity contribution in [2.24, 2.45) is 0 Å². The van der Waals surface area contributed by atoms with E-state index in [1.54, 1.807) is 24.3 Å². The minimum Gasteiger partial charge on any atom is -0.273 e. The molecule has 1 N–H and O–H groups in total. The molecule has 3 aromatic carbocycles. The van der Waals surface area contributed by atoms with Gasteiger partial charge in [-0.3, -0.25) is 14.9 Å². The summed E-state index contributed by atoms with van der Waals surface area (Å²) in [6.07, 6.45) is 1.81. The summed E-state index contributed by atoms with van der Waals surface area (Å²) in [5, 5.41) is 2.59. The van der Waals surface area contributed by atoms with Crippen molar-refractivity contribution in [3.05, 3.63) is 105 Å². The number of urea groups is 1. The van der Waals surface area contributed by atoms with Crippen LogP contribution in [0.1, 0.15) is 16.7 Å². The molecule has 0 spiro atoms. The van der Waals surface area contributed by atoms with Crippen molar-refractivity contribution in [3.63, 3.8) is 0 Å². The van der Waals surface area contributed by atoms with Gasteiger partial charge in [-0.05, 0) is 59.5 Å². The van der Waals surface area contributed by atoms with Crippen molar-refractivity contribution < 1.29 is 18.8 Å². The number of hydrogen-bond donors (Lipinski definition) is 1. The van der Waals surface area contributed by atoms with Crippen molar-refractivity contribution in [1.29, 1.82) is 0 Å². The van der Waals surface area contributed by atoms with E-state index in [1.165, 1.54) is 36.4 Å². The Morgan fingerprint density at radius 3 is 2.44 bits per heavy atom. The Labute approximate surface area is 193 Å². The Hall–Kier alpha value is -3.48. The molecule has 0 unspecified atom stereocenters. The monoisotopic (exact) mass is 468 g/mol. The molecular formula is C24H15Cl2FN2O3. The predicted octanol–water partition coefficient (Wildman–Crippen LogP) is 5.39. The molecule has 1 heterocycles. The molecule has 8 heteroatoms. The van der Waals surface area contributed by atoms with Gasteiger partial charge in [0.1, 0.15) is 11.4 Å². The third-order valence-electron chi connectivity index (χ3n) is 4.90. The maximum absolute atomic E-state index is 13.6. The highest BCUT2D eigenvalue weighted by Gasteiger charge is 2.37. The van der Waals surface area contributed by atoms with E-state index in [2.05, 4.69) is 5.32 Å². The van der Waals surface area contributed by atoms with Crippen molar-refractivity contribution in [3.8, 4) is 0 Å². The molecule has 0 atom stereocenters.